The molecule has 2 aromatic rings. The zero-order valence-electron chi connectivity index (χ0n) is 16.1. The predicted octanol–water partition coefficient (Wildman–Crippen LogP) is 1.91. The van der Waals surface area contributed by atoms with Gasteiger partial charge < -0.3 is 21.4 Å². The Bertz CT molecular complexity index is 1020. The number of anilines is 1. The van der Waals surface area contributed by atoms with Gasteiger partial charge in [0.15, 0.2) is 0 Å². The lowest BCUT2D eigenvalue weighted by atomic mass is 9.47. The predicted molar refractivity (Wildman–Crippen MR) is 107 cm³/mol. The molecule has 2 heterocycles. The van der Waals surface area contributed by atoms with E-state index in [1.165, 1.54) is 6.20 Å². The third kappa shape index (κ3) is 2.76. The Kier molecular flexibility index (Phi) is 4.02. The number of pyridine rings is 1. The average molecular weight is 392 g/mol. The molecule has 0 spiro atoms. The van der Waals surface area contributed by atoms with Crippen LogP contribution in [0.25, 0.3) is 11.0 Å². The van der Waals surface area contributed by atoms with Crippen LogP contribution in [0.5, 0.6) is 0 Å². The summed E-state index contributed by atoms with van der Waals surface area (Å²) in [6, 6.07) is 4.11. The van der Waals surface area contributed by atoms with Gasteiger partial charge in [0.05, 0.1) is 22.7 Å². The van der Waals surface area contributed by atoms with Gasteiger partial charge in [0.25, 0.3) is 5.91 Å². The van der Waals surface area contributed by atoms with E-state index >= 15 is 0 Å². The van der Waals surface area contributed by atoms with Gasteiger partial charge >= 0.3 is 0 Å². The van der Waals surface area contributed by atoms with Gasteiger partial charge in [-0.15, -0.1) is 0 Å². The molecule has 29 heavy (non-hydrogen) atoms. The van der Waals surface area contributed by atoms with Crippen molar-refractivity contribution in [2.45, 2.75) is 38.1 Å². The second kappa shape index (κ2) is 6.48. The summed E-state index contributed by atoms with van der Waals surface area (Å²) in [5.41, 5.74) is 7.13. The van der Waals surface area contributed by atoms with Gasteiger partial charge in [0.2, 0.25) is 5.91 Å². The van der Waals surface area contributed by atoms with Gasteiger partial charge in [-0.2, -0.15) is 5.26 Å². The first-order valence-corrected chi connectivity index (χ1v) is 10.2. The number of aromatic amines is 1. The highest BCUT2D eigenvalue weighted by Crippen LogP contribution is 2.60. The standard InChI is InChI=1S/C21H24N6O2/c22-2-4-25-20(29)21-7-11-5-12(8-21)16(13(6-11)9-21)27-17-14-1-3-24-19(14)26-10-15(17)18(23)28/h1,3,10-13,16H,4-9H2,(H2,23,28)(H,25,29)(H2,24,26,27). The molecule has 8 heteroatoms. The average Bonchev–Trinajstić information content (AvgIpc) is 3.17. The molecular formula is C21H24N6O2. The smallest absolute Gasteiger partial charge is 0.252 e. The fourth-order valence-electron chi connectivity index (χ4n) is 6.36. The third-order valence-corrected chi connectivity index (χ3v) is 7.25. The maximum Gasteiger partial charge on any atom is 0.252 e. The fourth-order valence-corrected chi connectivity index (χ4v) is 6.36. The Hall–Kier alpha value is -3.08. The minimum atomic E-state index is -0.501. The van der Waals surface area contributed by atoms with E-state index in [1.54, 1.807) is 6.20 Å². The molecule has 4 saturated carbocycles. The molecule has 5 N–H and O–H groups in total. The summed E-state index contributed by atoms with van der Waals surface area (Å²) in [4.78, 5) is 32.3. The monoisotopic (exact) mass is 392 g/mol. The minimum Gasteiger partial charge on any atom is -0.380 e. The summed E-state index contributed by atoms with van der Waals surface area (Å²) in [6.45, 7) is 0.0622. The van der Waals surface area contributed by atoms with Crippen molar-refractivity contribution >= 4 is 28.5 Å². The number of aromatic nitrogens is 2. The van der Waals surface area contributed by atoms with Crippen LogP contribution in [0.4, 0.5) is 5.69 Å². The van der Waals surface area contributed by atoms with E-state index in [0.29, 0.717) is 29.0 Å². The van der Waals surface area contributed by atoms with E-state index in [4.69, 9.17) is 11.0 Å². The normalized spacial score (nSPS) is 32.1. The molecule has 0 aliphatic heterocycles. The fraction of sp³-hybridized carbons (Fsp3) is 0.524. The molecule has 4 bridgehead atoms. The lowest BCUT2D eigenvalue weighted by Gasteiger charge is -2.59. The first-order valence-electron chi connectivity index (χ1n) is 10.2. The lowest BCUT2D eigenvalue weighted by Crippen LogP contribution is -2.60. The number of nitriles is 1. The molecule has 4 aliphatic rings. The number of carbonyl (C=O) groups excluding carboxylic acids is 2. The Morgan fingerprint density at radius 1 is 1.31 bits per heavy atom. The summed E-state index contributed by atoms with van der Waals surface area (Å²) in [6.07, 6.45) is 8.08. The number of fused-ring (bicyclic) bond motifs is 1. The number of nitrogens with zero attached hydrogens (tertiary/aromatic N) is 2. The van der Waals surface area contributed by atoms with Crippen LogP contribution in [-0.2, 0) is 4.79 Å². The summed E-state index contributed by atoms with van der Waals surface area (Å²) >= 11 is 0. The third-order valence-electron chi connectivity index (χ3n) is 7.25. The van der Waals surface area contributed by atoms with E-state index < -0.39 is 5.91 Å². The van der Waals surface area contributed by atoms with Crippen LogP contribution >= 0.6 is 0 Å². The van der Waals surface area contributed by atoms with Crippen molar-refractivity contribution in [1.82, 2.24) is 15.3 Å². The van der Waals surface area contributed by atoms with Crippen molar-refractivity contribution in [3.05, 3.63) is 24.0 Å². The topological polar surface area (TPSA) is 137 Å². The SMILES string of the molecule is N#CCNC(=O)C12CC3CC(C1)C(Nc1c(C(N)=O)cnc4[nH]ccc14)C(C3)C2. The Morgan fingerprint density at radius 2 is 2.07 bits per heavy atom. The first kappa shape index (κ1) is 18.0. The number of nitrogens with two attached hydrogens (primary N) is 1. The van der Waals surface area contributed by atoms with Crippen molar-refractivity contribution in [2.75, 3.05) is 11.9 Å². The molecule has 0 saturated heterocycles. The molecule has 8 nitrogen and oxygen atoms in total. The van der Waals surface area contributed by atoms with Gasteiger partial charge in [0.1, 0.15) is 12.2 Å². The molecule has 2 aromatic heterocycles. The molecule has 0 aromatic carbocycles. The minimum absolute atomic E-state index is 0.0339. The Balaban J connectivity index is 1.46. The molecule has 4 fully saturated rings. The summed E-state index contributed by atoms with van der Waals surface area (Å²) in [7, 11) is 0. The quantitative estimate of drug-likeness (QED) is 0.576. The van der Waals surface area contributed by atoms with Crippen LogP contribution in [0.15, 0.2) is 18.5 Å². The summed E-state index contributed by atoms with van der Waals surface area (Å²) in [5, 5.41) is 16.1. The highest BCUT2D eigenvalue weighted by atomic mass is 16.2. The first-order chi connectivity index (χ1) is 14.0. The molecule has 150 valence electrons. The van der Waals surface area contributed by atoms with E-state index in [9.17, 15) is 9.59 Å². The van der Waals surface area contributed by atoms with Gasteiger partial charge in [0, 0.05) is 23.8 Å². The Morgan fingerprint density at radius 3 is 2.76 bits per heavy atom. The Labute approximate surface area is 168 Å². The number of amides is 2. The highest BCUT2D eigenvalue weighted by Gasteiger charge is 2.58. The number of nitrogens with one attached hydrogen (secondary N) is 3. The molecule has 0 radical (unpaired) electrons. The van der Waals surface area contributed by atoms with E-state index in [1.807, 2.05) is 12.1 Å². The van der Waals surface area contributed by atoms with Gasteiger partial charge in [-0.25, -0.2) is 4.98 Å². The number of hydrogen-bond donors (Lipinski definition) is 4. The van der Waals surface area contributed by atoms with Crippen LogP contribution in [0, 0.1) is 34.5 Å². The van der Waals surface area contributed by atoms with Crippen molar-refractivity contribution in [1.29, 1.82) is 5.26 Å². The largest absolute Gasteiger partial charge is 0.380 e. The second-order valence-electron chi connectivity index (χ2n) is 8.91. The zero-order chi connectivity index (χ0) is 20.2. The van der Waals surface area contributed by atoms with Gasteiger partial charge in [-0.05, 0) is 55.9 Å². The maximum absolute atomic E-state index is 12.8. The molecule has 6 rings (SSSR count). The van der Waals surface area contributed by atoms with Crippen LogP contribution in [-0.4, -0.2) is 34.4 Å². The molecule has 2 amide bonds. The highest BCUT2D eigenvalue weighted by molar-refractivity contribution is 6.06. The van der Waals surface area contributed by atoms with Crippen molar-refractivity contribution in [3.63, 3.8) is 0 Å². The number of hydrogen-bond acceptors (Lipinski definition) is 5. The van der Waals surface area contributed by atoms with Crippen LogP contribution in [0.2, 0.25) is 0 Å². The van der Waals surface area contributed by atoms with Gasteiger partial charge in [-0.1, -0.05) is 0 Å². The van der Waals surface area contributed by atoms with Crippen molar-refractivity contribution < 1.29 is 9.59 Å². The number of H-pyrrole nitrogens is 1. The number of rotatable bonds is 5. The molecule has 4 aliphatic carbocycles. The van der Waals surface area contributed by atoms with Crippen LogP contribution in [0.3, 0.4) is 0 Å². The molecule has 2 atom stereocenters. The van der Waals surface area contributed by atoms with E-state index in [2.05, 4.69) is 20.6 Å². The van der Waals surface area contributed by atoms with Crippen molar-refractivity contribution in [2.24, 2.45) is 28.9 Å². The van der Waals surface area contributed by atoms with Crippen LogP contribution in [0.1, 0.15) is 42.5 Å². The van der Waals surface area contributed by atoms with Gasteiger partial charge in [-0.3, -0.25) is 9.59 Å². The van der Waals surface area contributed by atoms with Crippen LogP contribution < -0.4 is 16.4 Å². The summed E-state index contributed by atoms with van der Waals surface area (Å²) in [5.74, 6) is 0.804. The summed E-state index contributed by atoms with van der Waals surface area (Å²) < 4.78 is 0. The maximum atomic E-state index is 12.8. The molecular weight excluding hydrogens is 368 g/mol. The number of primary amides is 1. The van der Waals surface area contributed by atoms with E-state index in [0.717, 1.165) is 43.2 Å². The second-order valence-corrected chi connectivity index (χ2v) is 8.91. The molecule has 2 unspecified atom stereocenters. The lowest BCUT2D eigenvalue weighted by molar-refractivity contribution is -0.147. The van der Waals surface area contributed by atoms with E-state index in [-0.39, 0.29) is 23.9 Å². The number of carbonyl (C=O) groups is 2. The zero-order valence-corrected chi connectivity index (χ0v) is 16.1. The van der Waals surface area contributed by atoms with Crippen molar-refractivity contribution in [3.8, 4) is 6.07 Å².